The molecule has 1 aliphatic carbocycles. The third kappa shape index (κ3) is 2.80. The molecule has 1 saturated carbocycles. The zero-order valence-corrected chi connectivity index (χ0v) is 13.3. The van der Waals surface area contributed by atoms with Crippen molar-refractivity contribution in [1.29, 1.82) is 0 Å². The quantitative estimate of drug-likeness (QED) is 0.773. The van der Waals surface area contributed by atoms with Gasteiger partial charge >= 0.3 is 0 Å². The van der Waals surface area contributed by atoms with Crippen LogP contribution in [0, 0.1) is 0 Å². The molecule has 3 aromatic rings. The van der Waals surface area contributed by atoms with Crippen molar-refractivity contribution in [2.45, 2.75) is 18.8 Å². The number of hydrogen-bond donors (Lipinski definition) is 1. The molecule has 0 atom stereocenters. The van der Waals surface area contributed by atoms with E-state index in [-0.39, 0.29) is 5.91 Å². The van der Waals surface area contributed by atoms with E-state index in [1.54, 1.807) is 5.38 Å². The fourth-order valence-corrected chi connectivity index (χ4v) is 3.76. The number of carbonyl (C=O) groups is 1. The number of thiazole rings is 2. The highest BCUT2D eigenvalue weighted by atomic mass is 32.1. The second kappa shape index (κ2) is 5.62. The van der Waals surface area contributed by atoms with Gasteiger partial charge in [0.05, 0.1) is 5.69 Å². The summed E-state index contributed by atoms with van der Waals surface area (Å²) in [6, 6.07) is 9.87. The summed E-state index contributed by atoms with van der Waals surface area (Å²) in [5.41, 5.74) is 2.56. The lowest BCUT2D eigenvalue weighted by atomic mass is 10.2. The molecule has 22 heavy (non-hydrogen) atoms. The van der Waals surface area contributed by atoms with Crippen molar-refractivity contribution in [2.24, 2.45) is 0 Å². The van der Waals surface area contributed by atoms with E-state index >= 15 is 0 Å². The normalized spacial score (nSPS) is 14.0. The summed E-state index contributed by atoms with van der Waals surface area (Å²) in [5.74, 6) is 0.404. The number of carbonyl (C=O) groups excluding carboxylic acids is 1. The lowest BCUT2D eigenvalue weighted by molar-refractivity contribution is 0.102. The topological polar surface area (TPSA) is 54.9 Å². The van der Waals surface area contributed by atoms with Crippen LogP contribution in [0.4, 0.5) is 5.13 Å². The van der Waals surface area contributed by atoms with Crippen LogP contribution in [0.3, 0.4) is 0 Å². The van der Waals surface area contributed by atoms with Crippen molar-refractivity contribution in [3.05, 3.63) is 52.5 Å². The Kier molecular flexibility index (Phi) is 3.48. The minimum atomic E-state index is -0.199. The Morgan fingerprint density at radius 2 is 1.91 bits per heavy atom. The highest BCUT2D eigenvalue weighted by molar-refractivity contribution is 7.14. The van der Waals surface area contributed by atoms with Gasteiger partial charge in [0.1, 0.15) is 10.7 Å². The van der Waals surface area contributed by atoms with E-state index in [9.17, 15) is 4.79 Å². The molecule has 4 rings (SSSR count). The fourth-order valence-electron chi connectivity index (χ4n) is 2.16. The zero-order valence-electron chi connectivity index (χ0n) is 11.7. The van der Waals surface area contributed by atoms with Crippen molar-refractivity contribution in [3.63, 3.8) is 0 Å². The average molecular weight is 327 g/mol. The first-order valence-corrected chi connectivity index (χ1v) is 8.83. The number of benzene rings is 1. The molecule has 0 bridgehead atoms. The highest BCUT2D eigenvalue weighted by Crippen LogP contribution is 2.40. The van der Waals surface area contributed by atoms with Gasteiger partial charge in [0.2, 0.25) is 0 Å². The van der Waals surface area contributed by atoms with Crippen molar-refractivity contribution >= 4 is 33.7 Å². The van der Waals surface area contributed by atoms with Gasteiger partial charge in [0.25, 0.3) is 5.91 Å². The molecule has 6 heteroatoms. The maximum atomic E-state index is 12.3. The van der Waals surface area contributed by atoms with E-state index in [1.807, 2.05) is 35.7 Å². The molecule has 0 aliphatic heterocycles. The Bertz CT molecular complexity index is 806. The summed E-state index contributed by atoms with van der Waals surface area (Å²) in [5, 5.41) is 8.16. The van der Waals surface area contributed by atoms with Crippen LogP contribution in [0.15, 0.2) is 41.1 Å². The van der Waals surface area contributed by atoms with Crippen LogP contribution < -0.4 is 5.32 Å². The number of amides is 1. The molecule has 2 aromatic heterocycles. The van der Waals surface area contributed by atoms with Crippen molar-refractivity contribution in [2.75, 3.05) is 5.32 Å². The summed E-state index contributed by atoms with van der Waals surface area (Å²) >= 11 is 2.95. The smallest absolute Gasteiger partial charge is 0.276 e. The third-order valence-electron chi connectivity index (χ3n) is 3.50. The molecular weight excluding hydrogens is 314 g/mol. The molecule has 0 unspecified atom stereocenters. The second-order valence-electron chi connectivity index (χ2n) is 5.21. The largest absolute Gasteiger partial charge is 0.296 e. The van der Waals surface area contributed by atoms with E-state index in [2.05, 4.69) is 15.3 Å². The monoisotopic (exact) mass is 327 g/mol. The van der Waals surface area contributed by atoms with E-state index in [1.165, 1.54) is 35.5 Å². The number of hydrogen-bond acceptors (Lipinski definition) is 5. The molecule has 1 amide bonds. The van der Waals surface area contributed by atoms with Gasteiger partial charge in [-0.1, -0.05) is 30.3 Å². The van der Waals surface area contributed by atoms with Crippen LogP contribution in [0.25, 0.3) is 10.6 Å². The molecule has 4 nitrogen and oxygen atoms in total. The van der Waals surface area contributed by atoms with Crippen molar-refractivity contribution < 1.29 is 4.79 Å². The Hall–Kier alpha value is -2.05. The van der Waals surface area contributed by atoms with Crippen molar-refractivity contribution in [1.82, 2.24) is 9.97 Å². The maximum absolute atomic E-state index is 12.3. The first kappa shape index (κ1) is 13.6. The Labute approximate surface area is 135 Å². The van der Waals surface area contributed by atoms with Gasteiger partial charge in [-0.3, -0.25) is 10.1 Å². The lowest BCUT2D eigenvalue weighted by Gasteiger charge is -1.98. The lowest BCUT2D eigenvalue weighted by Crippen LogP contribution is -2.12. The molecule has 1 aromatic carbocycles. The first-order valence-electron chi connectivity index (χ1n) is 7.07. The Balaban J connectivity index is 1.49. The fraction of sp³-hybridized carbons (Fsp3) is 0.188. The van der Waals surface area contributed by atoms with E-state index in [4.69, 9.17) is 0 Å². The summed E-state index contributed by atoms with van der Waals surface area (Å²) in [7, 11) is 0. The molecular formula is C16H13N3OS2. The molecule has 0 radical (unpaired) electrons. The van der Waals surface area contributed by atoms with Crippen LogP contribution in [0.1, 0.15) is 34.9 Å². The molecule has 0 spiro atoms. The summed E-state index contributed by atoms with van der Waals surface area (Å²) < 4.78 is 0. The molecule has 2 heterocycles. The summed E-state index contributed by atoms with van der Waals surface area (Å²) in [4.78, 5) is 21.1. The van der Waals surface area contributed by atoms with E-state index < -0.39 is 0 Å². The molecule has 110 valence electrons. The van der Waals surface area contributed by atoms with Gasteiger partial charge in [0, 0.05) is 22.2 Å². The second-order valence-corrected chi connectivity index (χ2v) is 6.93. The number of aromatic nitrogens is 2. The maximum Gasteiger partial charge on any atom is 0.276 e. The van der Waals surface area contributed by atoms with Gasteiger partial charge < -0.3 is 0 Å². The van der Waals surface area contributed by atoms with Crippen LogP contribution in [0.5, 0.6) is 0 Å². The van der Waals surface area contributed by atoms with Gasteiger partial charge in [-0.25, -0.2) is 9.97 Å². The first-order chi connectivity index (χ1) is 10.8. The highest BCUT2D eigenvalue weighted by Gasteiger charge is 2.26. The Morgan fingerprint density at radius 3 is 2.68 bits per heavy atom. The van der Waals surface area contributed by atoms with Crippen molar-refractivity contribution in [3.8, 4) is 10.6 Å². The average Bonchev–Trinajstić information content (AvgIpc) is 3.10. The summed E-state index contributed by atoms with van der Waals surface area (Å²) in [6.45, 7) is 0. The van der Waals surface area contributed by atoms with Crippen LogP contribution in [-0.2, 0) is 0 Å². The molecule has 0 saturated heterocycles. The number of rotatable bonds is 4. The predicted molar refractivity (Wildman–Crippen MR) is 89.6 cm³/mol. The molecule has 1 fully saturated rings. The molecule has 1 aliphatic rings. The van der Waals surface area contributed by atoms with Gasteiger partial charge in [-0.15, -0.1) is 22.7 Å². The Morgan fingerprint density at radius 1 is 1.09 bits per heavy atom. The van der Waals surface area contributed by atoms with Gasteiger partial charge in [0.15, 0.2) is 5.13 Å². The van der Waals surface area contributed by atoms with Crippen LogP contribution in [-0.4, -0.2) is 15.9 Å². The third-order valence-corrected chi connectivity index (χ3v) is 5.16. The van der Waals surface area contributed by atoms with E-state index in [0.29, 0.717) is 16.7 Å². The number of anilines is 1. The minimum absolute atomic E-state index is 0.199. The number of nitrogens with zero attached hydrogens (tertiary/aromatic N) is 2. The zero-order chi connectivity index (χ0) is 14.9. The number of nitrogens with one attached hydrogen (secondary N) is 1. The molecule has 1 N–H and O–H groups in total. The standard InChI is InChI=1S/C16H13N3OS2/c20-14(19-16-18-12(8-22-16)10-6-7-10)13-9-21-15(17-13)11-4-2-1-3-5-11/h1-5,8-10H,6-7H2,(H,18,19,20). The summed E-state index contributed by atoms with van der Waals surface area (Å²) in [6.07, 6.45) is 2.42. The SMILES string of the molecule is O=C(Nc1nc(C2CC2)cs1)c1csc(-c2ccccc2)n1. The minimum Gasteiger partial charge on any atom is -0.296 e. The van der Waals surface area contributed by atoms with Gasteiger partial charge in [-0.2, -0.15) is 0 Å². The van der Waals surface area contributed by atoms with Crippen LogP contribution in [0.2, 0.25) is 0 Å². The van der Waals surface area contributed by atoms with Crippen LogP contribution >= 0.6 is 22.7 Å². The van der Waals surface area contributed by atoms with E-state index in [0.717, 1.165) is 16.3 Å². The van der Waals surface area contributed by atoms with Gasteiger partial charge in [-0.05, 0) is 12.8 Å². The predicted octanol–water partition coefficient (Wildman–Crippen LogP) is 4.40.